The Morgan fingerprint density at radius 2 is 2.11 bits per heavy atom. The molecule has 178 valence electrons. The highest BCUT2D eigenvalue weighted by atomic mass is 32.2. The van der Waals surface area contributed by atoms with Crippen LogP contribution < -0.4 is 9.46 Å². The molecule has 3 heterocycles. The van der Waals surface area contributed by atoms with Crippen molar-refractivity contribution in [3.05, 3.63) is 65.2 Å². The Hall–Kier alpha value is -4.37. The minimum absolute atomic E-state index is 0.122. The van der Waals surface area contributed by atoms with Gasteiger partial charge in [-0.05, 0) is 35.7 Å². The standard InChI is InChI=1S/C23H18FN5O5S/c1-3-21(30)28-11-15-12-29(25-17(15)13-28)10-14-8-18(33-2)22-19(9-14)34-26-23(22)27-35(31,32)20-7-5-4-6-16(20)24/h1,4-9,12H,10-11,13H2,2H3,(H,26,27). The zero-order valence-corrected chi connectivity index (χ0v) is 19.2. The van der Waals surface area contributed by atoms with Crippen LogP contribution >= 0.6 is 0 Å². The molecule has 1 N–H and O–H groups in total. The maximum Gasteiger partial charge on any atom is 0.298 e. The maximum absolute atomic E-state index is 14.0. The summed E-state index contributed by atoms with van der Waals surface area (Å²) in [5.74, 6) is 1.03. The van der Waals surface area contributed by atoms with Crippen LogP contribution in [0.2, 0.25) is 0 Å². The van der Waals surface area contributed by atoms with Gasteiger partial charge < -0.3 is 14.2 Å². The number of fused-ring (bicyclic) bond motifs is 2. The molecule has 0 atom stereocenters. The third-order valence-electron chi connectivity index (χ3n) is 5.56. The number of methoxy groups -OCH3 is 1. The predicted octanol–water partition coefficient (Wildman–Crippen LogP) is 2.50. The monoisotopic (exact) mass is 495 g/mol. The van der Waals surface area contributed by atoms with E-state index in [0.29, 0.717) is 30.8 Å². The summed E-state index contributed by atoms with van der Waals surface area (Å²) in [4.78, 5) is 12.7. The van der Waals surface area contributed by atoms with Gasteiger partial charge in [-0.3, -0.25) is 14.2 Å². The Bertz CT molecular complexity index is 1600. The Balaban J connectivity index is 1.41. The number of carbonyl (C=O) groups is 1. The molecule has 0 bridgehead atoms. The highest BCUT2D eigenvalue weighted by Crippen LogP contribution is 2.35. The number of aromatic nitrogens is 3. The lowest BCUT2D eigenvalue weighted by Gasteiger charge is -2.11. The molecule has 0 spiro atoms. The molecule has 4 aromatic rings. The molecular weight excluding hydrogens is 477 g/mol. The molecule has 0 saturated heterocycles. The molecule has 0 fully saturated rings. The van der Waals surface area contributed by atoms with Crippen LogP contribution in [0.5, 0.6) is 5.75 Å². The molecule has 1 aliphatic heterocycles. The number of benzene rings is 2. The summed E-state index contributed by atoms with van der Waals surface area (Å²) < 4.78 is 54.3. The molecule has 5 rings (SSSR count). The van der Waals surface area contributed by atoms with Gasteiger partial charge in [0.05, 0.1) is 32.4 Å². The minimum atomic E-state index is -4.26. The molecule has 1 amide bonds. The van der Waals surface area contributed by atoms with Crippen molar-refractivity contribution in [2.24, 2.45) is 0 Å². The average Bonchev–Trinajstić information content (AvgIpc) is 3.51. The van der Waals surface area contributed by atoms with Crippen LogP contribution in [0, 0.1) is 18.2 Å². The highest BCUT2D eigenvalue weighted by Gasteiger charge is 2.26. The number of terminal acetylenes is 1. The van der Waals surface area contributed by atoms with E-state index < -0.39 is 20.7 Å². The lowest BCUT2D eigenvalue weighted by atomic mass is 10.1. The second kappa shape index (κ2) is 8.44. The van der Waals surface area contributed by atoms with Gasteiger partial charge >= 0.3 is 0 Å². The number of rotatable bonds is 6. The predicted molar refractivity (Wildman–Crippen MR) is 122 cm³/mol. The fourth-order valence-corrected chi connectivity index (χ4v) is 5.06. The number of hydrogen-bond donors (Lipinski definition) is 1. The summed E-state index contributed by atoms with van der Waals surface area (Å²) in [6.07, 6.45) is 7.02. The molecule has 0 unspecified atom stereocenters. The number of halogens is 1. The highest BCUT2D eigenvalue weighted by molar-refractivity contribution is 7.92. The molecule has 0 aliphatic carbocycles. The van der Waals surface area contributed by atoms with Crippen molar-refractivity contribution in [1.29, 1.82) is 0 Å². The van der Waals surface area contributed by atoms with Crippen LogP contribution in [0.3, 0.4) is 0 Å². The van der Waals surface area contributed by atoms with Crippen LogP contribution in [-0.4, -0.2) is 41.3 Å². The summed E-state index contributed by atoms with van der Waals surface area (Å²) in [6, 6.07) is 8.41. The fourth-order valence-electron chi connectivity index (χ4n) is 3.97. The van der Waals surface area contributed by atoms with E-state index in [1.165, 1.54) is 24.1 Å². The van der Waals surface area contributed by atoms with Crippen molar-refractivity contribution in [2.45, 2.75) is 24.5 Å². The minimum Gasteiger partial charge on any atom is -0.496 e. The molecule has 1 aliphatic rings. The van der Waals surface area contributed by atoms with E-state index in [4.69, 9.17) is 15.7 Å². The van der Waals surface area contributed by atoms with Gasteiger partial charge in [0.25, 0.3) is 15.9 Å². The van der Waals surface area contributed by atoms with Crippen molar-refractivity contribution in [3.63, 3.8) is 0 Å². The summed E-state index contributed by atoms with van der Waals surface area (Å²) >= 11 is 0. The lowest BCUT2D eigenvalue weighted by Crippen LogP contribution is -2.24. The normalized spacial score (nSPS) is 13.0. The first-order valence-electron chi connectivity index (χ1n) is 10.3. The summed E-state index contributed by atoms with van der Waals surface area (Å²) in [5, 5.41) is 8.64. The molecule has 10 nitrogen and oxygen atoms in total. The maximum atomic E-state index is 14.0. The van der Waals surface area contributed by atoms with Gasteiger partial charge in [-0.2, -0.15) is 5.10 Å². The Labute approximate surface area is 199 Å². The number of carbonyl (C=O) groups excluding carboxylic acids is 1. The van der Waals surface area contributed by atoms with Crippen LogP contribution in [0.25, 0.3) is 11.0 Å². The van der Waals surface area contributed by atoms with Crippen molar-refractivity contribution in [3.8, 4) is 18.1 Å². The van der Waals surface area contributed by atoms with Crippen LogP contribution in [-0.2, 0) is 34.5 Å². The summed E-state index contributed by atoms with van der Waals surface area (Å²) in [7, 11) is -2.83. The van der Waals surface area contributed by atoms with Gasteiger partial charge in [0, 0.05) is 11.8 Å². The number of nitrogens with zero attached hydrogens (tertiary/aromatic N) is 4. The molecule has 2 aromatic heterocycles. The quantitative estimate of drug-likeness (QED) is 0.408. The first-order valence-corrected chi connectivity index (χ1v) is 11.8. The van der Waals surface area contributed by atoms with E-state index in [1.54, 1.807) is 16.8 Å². The Morgan fingerprint density at radius 1 is 1.31 bits per heavy atom. The van der Waals surface area contributed by atoms with Gasteiger partial charge in [0.2, 0.25) is 0 Å². The van der Waals surface area contributed by atoms with Gasteiger partial charge in [-0.1, -0.05) is 17.3 Å². The third-order valence-corrected chi connectivity index (χ3v) is 6.93. The molecule has 0 saturated carbocycles. The molecule has 35 heavy (non-hydrogen) atoms. The van der Waals surface area contributed by atoms with E-state index in [9.17, 15) is 17.6 Å². The number of anilines is 1. The van der Waals surface area contributed by atoms with Crippen molar-refractivity contribution < 1.29 is 26.9 Å². The second-order valence-corrected chi connectivity index (χ2v) is 9.49. The SMILES string of the molecule is C#CC(=O)N1Cc2cn(Cc3cc(OC)c4c(NS(=O)(=O)c5ccccc5F)noc4c3)nc2C1. The Kier molecular flexibility index (Phi) is 5.41. The van der Waals surface area contributed by atoms with Gasteiger partial charge in [-0.15, -0.1) is 6.42 Å². The number of hydrogen-bond acceptors (Lipinski definition) is 7. The van der Waals surface area contributed by atoms with E-state index in [1.807, 2.05) is 6.20 Å². The smallest absolute Gasteiger partial charge is 0.298 e. The van der Waals surface area contributed by atoms with Crippen molar-refractivity contribution in [1.82, 2.24) is 19.8 Å². The fraction of sp³-hybridized carbons (Fsp3) is 0.174. The van der Waals surface area contributed by atoms with Gasteiger partial charge in [0.1, 0.15) is 21.8 Å². The summed E-state index contributed by atoms with van der Waals surface area (Å²) in [6.45, 7) is 1.11. The van der Waals surface area contributed by atoms with Crippen LogP contribution in [0.1, 0.15) is 16.8 Å². The molecule has 2 aromatic carbocycles. The van der Waals surface area contributed by atoms with Crippen LogP contribution in [0.15, 0.2) is 52.0 Å². The number of nitrogens with one attached hydrogen (secondary N) is 1. The number of amides is 1. The summed E-state index contributed by atoms with van der Waals surface area (Å²) in [5.41, 5.74) is 2.71. The first-order chi connectivity index (χ1) is 16.8. The first kappa shape index (κ1) is 22.4. The molecule has 12 heteroatoms. The number of sulfonamides is 1. The van der Waals surface area contributed by atoms with Gasteiger partial charge in [-0.25, -0.2) is 12.8 Å². The number of ether oxygens (including phenoxy) is 1. The third kappa shape index (κ3) is 4.06. The van der Waals surface area contributed by atoms with E-state index in [-0.39, 0.29) is 17.3 Å². The Morgan fingerprint density at radius 3 is 2.83 bits per heavy atom. The molecule has 0 radical (unpaired) electrons. The zero-order valence-electron chi connectivity index (χ0n) is 18.4. The lowest BCUT2D eigenvalue weighted by molar-refractivity contribution is -0.125. The van der Waals surface area contributed by atoms with E-state index in [2.05, 4.69) is 20.9 Å². The molecular formula is C23H18FN5O5S. The van der Waals surface area contributed by atoms with Crippen molar-refractivity contribution in [2.75, 3.05) is 11.8 Å². The zero-order chi connectivity index (χ0) is 24.7. The van der Waals surface area contributed by atoms with Crippen LogP contribution in [0.4, 0.5) is 10.2 Å². The largest absolute Gasteiger partial charge is 0.496 e. The van der Waals surface area contributed by atoms with E-state index >= 15 is 0 Å². The van der Waals surface area contributed by atoms with Gasteiger partial charge in [0.15, 0.2) is 11.4 Å². The average molecular weight is 495 g/mol. The van der Waals surface area contributed by atoms with E-state index in [0.717, 1.165) is 29.0 Å². The topological polar surface area (TPSA) is 120 Å². The van der Waals surface area contributed by atoms with Crippen molar-refractivity contribution >= 4 is 32.7 Å². The second-order valence-electron chi connectivity index (χ2n) is 7.84.